The number of aryl methyl sites for hydroxylation is 1. The van der Waals surface area contributed by atoms with Crippen LogP contribution in [0, 0.1) is 6.92 Å². The van der Waals surface area contributed by atoms with Crippen LogP contribution in [0.2, 0.25) is 0 Å². The van der Waals surface area contributed by atoms with E-state index in [4.69, 9.17) is 0 Å². The Kier molecular flexibility index (Phi) is 5.08. The Morgan fingerprint density at radius 2 is 1.89 bits per heavy atom. The summed E-state index contributed by atoms with van der Waals surface area (Å²) in [6.07, 6.45) is -4.72. The van der Waals surface area contributed by atoms with Gasteiger partial charge in [0.2, 0.25) is 5.82 Å². The largest absolute Gasteiger partial charge is 0.471 e. The third kappa shape index (κ3) is 4.22. The van der Waals surface area contributed by atoms with Gasteiger partial charge in [-0.3, -0.25) is 9.59 Å². The maximum atomic E-state index is 12.5. The molecule has 0 fully saturated rings. The van der Waals surface area contributed by atoms with Crippen LogP contribution in [0.1, 0.15) is 31.5 Å². The third-order valence-corrected chi connectivity index (χ3v) is 4.63. The molecule has 0 saturated heterocycles. The summed E-state index contributed by atoms with van der Waals surface area (Å²) in [5.74, 6) is -2.35. The van der Waals surface area contributed by atoms with Gasteiger partial charge in [-0.25, -0.2) is 0 Å². The standard InChI is InChI=1S/C17H12F3N3O3S/c1-9-6-7-27-13(9)15(25)21-8-12(24)10-2-4-11(5-3-10)14-22-16(26-23-14)17(18,19)20/h2-7H,8H2,1H3,(H,21,25). The fourth-order valence-electron chi connectivity index (χ4n) is 2.21. The minimum absolute atomic E-state index is 0.198. The Hall–Kier alpha value is -3.01. The molecule has 3 aromatic rings. The second-order valence-corrected chi connectivity index (χ2v) is 6.45. The van der Waals surface area contributed by atoms with Crippen molar-refractivity contribution in [2.24, 2.45) is 0 Å². The Labute approximate surface area is 155 Å². The lowest BCUT2D eigenvalue weighted by molar-refractivity contribution is -0.159. The molecule has 2 heterocycles. The van der Waals surface area contributed by atoms with Crippen molar-refractivity contribution in [3.63, 3.8) is 0 Å². The Morgan fingerprint density at radius 1 is 1.19 bits per heavy atom. The topological polar surface area (TPSA) is 85.1 Å². The summed E-state index contributed by atoms with van der Waals surface area (Å²) in [5, 5.41) is 7.61. The van der Waals surface area contributed by atoms with Crippen LogP contribution in [0.15, 0.2) is 40.2 Å². The first-order valence-electron chi connectivity index (χ1n) is 7.62. The Balaban J connectivity index is 1.64. The van der Waals surface area contributed by atoms with Crippen LogP contribution in [0.25, 0.3) is 11.4 Å². The van der Waals surface area contributed by atoms with E-state index in [2.05, 4.69) is 20.0 Å². The normalized spacial score (nSPS) is 11.4. The monoisotopic (exact) mass is 395 g/mol. The van der Waals surface area contributed by atoms with E-state index in [0.29, 0.717) is 10.4 Å². The minimum atomic E-state index is -4.72. The molecular weight excluding hydrogens is 383 g/mol. The number of carbonyl (C=O) groups excluding carboxylic acids is 2. The number of amides is 1. The molecule has 0 saturated carbocycles. The third-order valence-electron chi connectivity index (χ3n) is 3.61. The lowest BCUT2D eigenvalue weighted by Crippen LogP contribution is -2.29. The minimum Gasteiger partial charge on any atom is -0.344 e. The first kappa shape index (κ1) is 18.8. The van der Waals surface area contributed by atoms with Gasteiger partial charge < -0.3 is 9.84 Å². The highest BCUT2D eigenvalue weighted by Crippen LogP contribution is 2.29. The fourth-order valence-corrected chi connectivity index (χ4v) is 3.05. The number of carbonyl (C=O) groups is 2. The number of hydrogen-bond acceptors (Lipinski definition) is 6. The van der Waals surface area contributed by atoms with Gasteiger partial charge in [0.15, 0.2) is 5.78 Å². The van der Waals surface area contributed by atoms with E-state index in [0.717, 1.165) is 5.56 Å². The first-order chi connectivity index (χ1) is 12.8. The molecule has 2 aromatic heterocycles. The average Bonchev–Trinajstić information content (AvgIpc) is 3.28. The van der Waals surface area contributed by atoms with Gasteiger partial charge in [-0.05, 0) is 23.9 Å². The molecule has 0 aliphatic rings. The fraction of sp³-hybridized carbons (Fsp3) is 0.176. The van der Waals surface area contributed by atoms with Crippen molar-refractivity contribution in [1.82, 2.24) is 15.5 Å². The molecule has 0 aliphatic carbocycles. The van der Waals surface area contributed by atoms with Gasteiger partial charge in [0.1, 0.15) is 0 Å². The molecule has 0 aliphatic heterocycles. The number of nitrogens with one attached hydrogen (secondary N) is 1. The Bertz CT molecular complexity index is 977. The van der Waals surface area contributed by atoms with Crippen molar-refractivity contribution in [1.29, 1.82) is 0 Å². The number of halogens is 3. The van der Waals surface area contributed by atoms with Crippen LogP contribution >= 0.6 is 11.3 Å². The molecule has 0 atom stereocenters. The van der Waals surface area contributed by atoms with Crippen molar-refractivity contribution in [3.05, 3.63) is 57.6 Å². The zero-order valence-electron chi connectivity index (χ0n) is 13.8. The van der Waals surface area contributed by atoms with Crippen molar-refractivity contribution in [3.8, 4) is 11.4 Å². The van der Waals surface area contributed by atoms with Crippen molar-refractivity contribution >= 4 is 23.0 Å². The van der Waals surface area contributed by atoms with E-state index < -0.39 is 12.1 Å². The van der Waals surface area contributed by atoms with Gasteiger partial charge in [0.25, 0.3) is 5.91 Å². The molecule has 0 spiro atoms. The van der Waals surface area contributed by atoms with Crippen LogP contribution in [0.3, 0.4) is 0 Å². The van der Waals surface area contributed by atoms with Crippen molar-refractivity contribution in [2.45, 2.75) is 13.1 Å². The molecule has 1 N–H and O–H groups in total. The van der Waals surface area contributed by atoms with Gasteiger partial charge in [-0.1, -0.05) is 29.4 Å². The predicted molar refractivity (Wildman–Crippen MR) is 90.5 cm³/mol. The molecule has 27 heavy (non-hydrogen) atoms. The molecule has 10 heteroatoms. The summed E-state index contributed by atoms with van der Waals surface area (Å²) >= 11 is 1.28. The Morgan fingerprint density at radius 3 is 2.44 bits per heavy atom. The highest BCUT2D eigenvalue weighted by molar-refractivity contribution is 7.12. The van der Waals surface area contributed by atoms with Crippen LogP contribution in [-0.4, -0.2) is 28.4 Å². The summed E-state index contributed by atoms with van der Waals surface area (Å²) in [6, 6.07) is 7.46. The highest BCUT2D eigenvalue weighted by atomic mass is 32.1. The molecule has 0 radical (unpaired) electrons. The number of rotatable bonds is 5. The van der Waals surface area contributed by atoms with Crippen molar-refractivity contribution < 1.29 is 27.3 Å². The molecule has 3 rings (SSSR count). The number of thiophene rings is 1. The number of ketones is 1. The molecular formula is C17H12F3N3O3S. The SMILES string of the molecule is Cc1ccsc1C(=O)NCC(=O)c1ccc(-c2noc(C(F)(F)F)n2)cc1. The number of alkyl halides is 3. The van der Waals surface area contributed by atoms with E-state index in [-0.39, 0.29) is 29.6 Å². The molecule has 1 aromatic carbocycles. The maximum Gasteiger partial charge on any atom is 0.471 e. The van der Waals surface area contributed by atoms with Crippen LogP contribution in [0.4, 0.5) is 13.2 Å². The second-order valence-electron chi connectivity index (χ2n) is 5.54. The molecule has 1 amide bonds. The molecule has 0 unspecified atom stereocenters. The van der Waals surface area contributed by atoms with E-state index in [9.17, 15) is 22.8 Å². The van der Waals surface area contributed by atoms with Gasteiger partial charge in [-0.2, -0.15) is 18.2 Å². The van der Waals surface area contributed by atoms with Crippen molar-refractivity contribution in [2.75, 3.05) is 6.54 Å². The zero-order chi connectivity index (χ0) is 19.6. The van der Waals surface area contributed by atoms with Crippen LogP contribution in [-0.2, 0) is 6.18 Å². The van der Waals surface area contributed by atoms with Gasteiger partial charge in [-0.15, -0.1) is 11.3 Å². The van der Waals surface area contributed by atoms with Gasteiger partial charge >= 0.3 is 12.1 Å². The number of aromatic nitrogens is 2. The molecule has 0 bridgehead atoms. The van der Waals surface area contributed by atoms with Crippen LogP contribution < -0.4 is 5.32 Å². The number of hydrogen-bond donors (Lipinski definition) is 1. The summed E-state index contributed by atoms with van der Waals surface area (Å²) in [7, 11) is 0. The average molecular weight is 395 g/mol. The number of nitrogens with zero attached hydrogens (tertiary/aromatic N) is 2. The summed E-state index contributed by atoms with van der Waals surface area (Å²) in [4.78, 5) is 28.0. The molecule has 6 nitrogen and oxygen atoms in total. The number of Topliss-reactive ketones (excluding diaryl/α,β-unsaturated/α-hetero) is 1. The first-order valence-corrected chi connectivity index (χ1v) is 8.50. The predicted octanol–water partition coefficient (Wildman–Crippen LogP) is 3.74. The number of benzene rings is 1. The quantitative estimate of drug-likeness (QED) is 0.666. The second kappa shape index (κ2) is 7.31. The van der Waals surface area contributed by atoms with E-state index >= 15 is 0 Å². The van der Waals surface area contributed by atoms with E-state index in [1.807, 2.05) is 6.07 Å². The lowest BCUT2D eigenvalue weighted by Gasteiger charge is -2.05. The summed E-state index contributed by atoms with van der Waals surface area (Å²) < 4.78 is 41.6. The van der Waals surface area contributed by atoms with E-state index in [1.54, 1.807) is 12.3 Å². The highest BCUT2D eigenvalue weighted by Gasteiger charge is 2.38. The smallest absolute Gasteiger partial charge is 0.344 e. The lowest BCUT2D eigenvalue weighted by atomic mass is 10.1. The van der Waals surface area contributed by atoms with Gasteiger partial charge in [0.05, 0.1) is 11.4 Å². The van der Waals surface area contributed by atoms with E-state index in [1.165, 1.54) is 35.6 Å². The molecule has 140 valence electrons. The summed E-state index contributed by atoms with van der Waals surface area (Å²) in [5.41, 5.74) is 1.39. The van der Waals surface area contributed by atoms with Gasteiger partial charge in [0, 0.05) is 11.1 Å². The van der Waals surface area contributed by atoms with Crippen LogP contribution in [0.5, 0.6) is 0 Å². The maximum absolute atomic E-state index is 12.5. The zero-order valence-corrected chi connectivity index (χ0v) is 14.6. The summed E-state index contributed by atoms with van der Waals surface area (Å²) in [6.45, 7) is 1.60.